The van der Waals surface area contributed by atoms with E-state index in [4.69, 9.17) is 0 Å². The van der Waals surface area contributed by atoms with Crippen molar-refractivity contribution in [2.24, 2.45) is 0 Å². The van der Waals surface area contributed by atoms with Crippen LogP contribution < -0.4 is 0 Å². The van der Waals surface area contributed by atoms with E-state index in [1.165, 1.54) is 29.5 Å². The molecule has 2 nitrogen and oxygen atoms in total. The van der Waals surface area contributed by atoms with Crippen LogP contribution in [0.5, 0.6) is 0 Å². The highest BCUT2D eigenvalue weighted by Crippen LogP contribution is 2.29. The Labute approximate surface area is 123 Å². The number of hydrogen-bond acceptors (Lipinski definition) is 2. The molecule has 0 saturated heterocycles. The van der Waals surface area contributed by atoms with Crippen molar-refractivity contribution in [1.29, 1.82) is 0 Å². The van der Waals surface area contributed by atoms with Crippen LogP contribution in [-0.4, -0.2) is 28.7 Å². The van der Waals surface area contributed by atoms with Gasteiger partial charge in [0, 0.05) is 19.1 Å². The first-order valence-corrected chi connectivity index (χ1v) is 8.30. The molecule has 1 aromatic rings. The van der Waals surface area contributed by atoms with E-state index in [1.54, 1.807) is 0 Å². The van der Waals surface area contributed by atoms with Crippen molar-refractivity contribution in [2.75, 3.05) is 6.54 Å². The van der Waals surface area contributed by atoms with Crippen LogP contribution in [0.4, 0.5) is 0 Å². The second-order valence-corrected chi connectivity index (χ2v) is 5.74. The van der Waals surface area contributed by atoms with Crippen LogP contribution in [0.3, 0.4) is 0 Å². The Hall–Kier alpha value is -0.860. The molecule has 2 unspecified atom stereocenters. The van der Waals surface area contributed by atoms with Gasteiger partial charge in [0.15, 0.2) is 0 Å². The zero-order valence-corrected chi connectivity index (χ0v) is 13.2. The van der Waals surface area contributed by atoms with E-state index in [2.05, 4.69) is 30.0 Å². The summed E-state index contributed by atoms with van der Waals surface area (Å²) in [5, 5.41) is 10.0. The number of benzene rings is 1. The molecular formula is C18H29NO. The molecule has 112 valence electrons. The Morgan fingerprint density at radius 3 is 2.65 bits per heavy atom. The van der Waals surface area contributed by atoms with Crippen molar-refractivity contribution in [2.45, 2.75) is 71.6 Å². The van der Waals surface area contributed by atoms with Crippen molar-refractivity contribution < 1.29 is 5.11 Å². The van der Waals surface area contributed by atoms with Crippen LogP contribution in [0.1, 0.15) is 56.7 Å². The first-order valence-electron chi connectivity index (χ1n) is 8.30. The minimum absolute atomic E-state index is 0.0964. The zero-order chi connectivity index (χ0) is 14.5. The van der Waals surface area contributed by atoms with Gasteiger partial charge in [-0.3, -0.25) is 4.90 Å². The van der Waals surface area contributed by atoms with Crippen molar-refractivity contribution in [3.8, 4) is 0 Å². The number of nitrogens with zero attached hydrogens (tertiary/aromatic N) is 1. The molecule has 0 spiro atoms. The summed E-state index contributed by atoms with van der Waals surface area (Å²) in [6.45, 7) is 8.36. The van der Waals surface area contributed by atoms with Gasteiger partial charge in [0.25, 0.3) is 0 Å². The van der Waals surface area contributed by atoms with E-state index in [0.717, 1.165) is 32.4 Å². The van der Waals surface area contributed by atoms with Gasteiger partial charge < -0.3 is 5.11 Å². The molecule has 0 aromatic heterocycles. The molecule has 2 heteroatoms. The number of fused-ring (bicyclic) bond motifs is 1. The van der Waals surface area contributed by atoms with Crippen LogP contribution in [0.15, 0.2) is 18.2 Å². The van der Waals surface area contributed by atoms with Gasteiger partial charge in [-0.05, 0) is 48.8 Å². The summed E-state index contributed by atoms with van der Waals surface area (Å²) in [7, 11) is 0. The Kier molecular flexibility index (Phi) is 5.62. The molecule has 1 fully saturated rings. The maximum absolute atomic E-state index is 10.0. The first kappa shape index (κ1) is 15.5. The highest BCUT2D eigenvalue weighted by atomic mass is 16.3. The zero-order valence-electron chi connectivity index (χ0n) is 13.2. The maximum Gasteiger partial charge on any atom is 0.0695 e. The molecule has 1 saturated carbocycles. The maximum atomic E-state index is 10.0. The average Bonchev–Trinajstić information content (AvgIpc) is 2.94. The molecule has 3 rings (SSSR count). The van der Waals surface area contributed by atoms with Gasteiger partial charge >= 0.3 is 0 Å². The number of aliphatic hydroxyl groups excluding tert-OH is 1. The van der Waals surface area contributed by atoms with E-state index < -0.39 is 0 Å². The van der Waals surface area contributed by atoms with E-state index >= 15 is 0 Å². The Morgan fingerprint density at radius 2 is 2.00 bits per heavy atom. The monoisotopic (exact) mass is 275 g/mol. The Morgan fingerprint density at radius 1 is 1.20 bits per heavy atom. The molecule has 0 amide bonds. The van der Waals surface area contributed by atoms with Crippen molar-refractivity contribution in [3.05, 3.63) is 34.9 Å². The average molecular weight is 275 g/mol. The minimum atomic E-state index is -0.0964. The van der Waals surface area contributed by atoms with E-state index in [9.17, 15) is 5.11 Å². The van der Waals surface area contributed by atoms with Gasteiger partial charge in [-0.2, -0.15) is 0 Å². The molecule has 1 aliphatic heterocycles. The number of hydrogen-bond donors (Lipinski definition) is 1. The van der Waals surface area contributed by atoms with Crippen molar-refractivity contribution in [1.82, 2.24) is 4.90 Å². The predicted octanol–water partition coefficient (Wildman–Crippen LogP) is 3.55. The van der Waals surface area contributed by atoms with Crippen molar-refractivity contribution in [3.63, 3.8) is 0 Å². The molecular weight excluding hydrogens is 246 g/mol. The van der Waals surface area contributed by atoms with Crippen LogP contribution in [0.25, 0.3) is 0 Å². The lowest BCUT2D eigenvalue weighted by Gasteiger charge is -2.35. The highest BCUT2D eigenvalue weighted by Gasteiger charge is 2.32. The SMILES string of the molecule is CC.CCc1ccc2c(c1)CN(C1CCCC1O)CC2. The lowest BCUT2D eigenvalue weighted by Crippen LogP contribution is -2.43. The second kappa shape index (κ2) is 7.24. The van der Waals surface area contributed by atoms with Crippen LogP contribution in [0, 0.1) is 0 Å². The summed E-state index contributed by atoms with van der Waals surface area (Å²) in [6.07, 6.45) is 5.50. The van der Waals surface area contributed by atoms with Crippen molar-refractivity contribution >= 4 is 0 Å². The fraction of sp³-hybridized carbons (Fsp3) is 0.667. The van der Waals surface area contributed by atoms with Gasteiger partial charge in [-0.1, -0.05) is 39.0 Å². The summed E-state index contributed by atoms with van der Waals surface area (Å²) in [4.78, 5) is 2.50. The van der Waals surface area contributed by atoms with Crippen LogP contribution >= 0.6 is 0 Å². The summed E-state index contributed by atoms with van der Waals surface area (Å²) in [5.74, 6) is 0. The molecule has 1 aromatic carbocycles. The van der Waals surface area contributed by atoms with Gasteiger partial charge in [-0.15, -0.1) is 0 Å². The lowest BCUT2D eigenvalue weighted by atomic mass is 9.95. The van der Waals surface area contributed by atoms with Crippen LogP contribution in [-0.2, 0) is 19.4 Å². The summed E-state index contributed by atoms with van der Waals surface area (Å²) >= 11 is 0. The molecule has 0 bridgehead atoms. The molecule has 2 aliphatic rings. The van der Waals surface area contributed by atoms with Gasteiger partial charge in [0.05, 0.1) is 6.10 Å². The Bertz CT molecular complexity index is 429. The molecule has 0 radical (unpaired) electrons. The Balaban J connectivity index is 0.000000704. The van der Waals surface area contributed by atoms with E-state index in [-0.39, 0.29) is 6.10 Å². The smallest absolute Gasteiger partial charge is 0.0695 e. The highest BCUT2D eigenvalue weighted by molar-refractivity contribution is 5.34. The largest absolute Gasteiger partial charge is 0.391 e. The topological polar surface area (TPSA) is 23.5 Å². The third kappa shape index (κ3) is 3.24. The lowest BCUT2D eigenvalue weighted by molar-refractivity contribution is 0.0626. The third-order valence-corrected chi connectivity index (χ3v) is 4.63. The number of rotatable bonds is 2. The number of aliphatic hydroxyl groups is 1. The molecule has 1 aliphatic carbocycles. The third-order valence-electron chi connectivity index (χ3n) is 4.63. The standard InChI is InChI=1S/C16H23NO.C2H6/c1-2-12-6-7-13-8-9-17(11-14(13)10-12)15-4-3-5-16(15)18;1-2/h6-7,10,15-16,18H,2-5,8-9,11H2,1H3;1-2H3. The predicted molar refractivity (Wildman–Crippen MR) is 84.9 cm³/mol. The quantitative estimate of drug-likeness (QED) is 0.892. The van der Waals surface area contributed by atoms with E-state index in [1.807, 2.05) is 13.8 Å². The van der Waals surface area contributed by atoms with Crippen LogP contribution in [0.2, 0.25) is 0 Å². The normalized spacial score (nSPS) is 25.8. The first-order chi connectivity index (χ1) is 9.78. The minimum Gasteiger partial charge on any atom is -0.391 e. The van der Waals surface area contributed by atoms with Gasteiger partial charge in [-0.25, -0.2) is 0 Å². The van der Waals surface area contributed by atoms with Gasteiger partial charge in [0.1, 0.15) is 0 Å². The molecule has 1 heterocycles. The summed E-state index contributed by atoms with van der Waals surface area (Å²) in [6, 6.07) is 7.33. The fourth-order valence-corrected chi connectivity index (χ4v) is 3.48. The molecule has 20 heavy (non-hydrogen) atoms. The fourth-order valence-electron chi connectivity index (χ4n) is 3.48. The van der Waals surface area contributed by atoms with E-state index in [0.29, 0.717) is 6.04 Å². The summed E-state index contributed by atoms with van der Waals surface area (Å²) < 4.78 is 0. The second-order valence-electron chi connectivity index (χ2n) is 5.74. The number of aryl methyl sites for hydroxylation is 1. The summed E-state index contributed by atoms with van der Waals surface area (Å²) in [5.41, 5.74) is 4.43. The molecule has 1 N–H and O–H groups in total. The molecule has 2 atom stereocenters. The van der Waals surface area contributed by atoms with Gasteiger partial charge in [0.2, 0.25) is 0 Å².